The fraction of sp³-hybridized carbons (Fsp3) is 0.200. The maximum absolute atomic E-state index is 13.9. The van der Waals surface area contributed by atoms with Crippen LogP contribution >= 0.6 is 0 Å². The van der Waals surface area contributed by atoms with Crippen LogP contribution in [0.1, 0.15) is 28.4 Å². The molecule has 1 atom stereocenters. The van der Waals surface area contributed by atoms with E-state index in [0.29, 0.717) is 5.56 Å². The largest absolute Gasteiger partial charge is 0.384 e. The summed E-state index contributed by atoms with van der Waals surface area (Å²) in [7, 11) is 0. The van der Waals surface area contributed by atoms with Gasteiger partial charge >= 0.3 is 0 Å². The zero-order chi connectivity index (χ0) is 14.2. The smallest absolute Gasteiger partial charge is 0.159 e. The van der Waals surface area contributed by atoms with Crippen molar-refractivity contribution < 1.29 is 18.3 Å². The molecule has 2 rings (SSSR count). The quantitative estimate of drug-likeness (QED) is 0.876. The van der Waals surface area contributed by atoms with Crippen LogP contribution in [-0.4, -0.2) is 5.11 Å². The number of aliphatic hydroxyl groups is 1. The van der Waals surface area contributed by atoms with Crippen molar-refractivity contribution in [2.45, 2.75) is 20.0 Å². The second kappa shape index (κ2) is 5.05. The number of benzene rings is 2. The molecule has 0 aromatic heterocycles. The Morgan fingerprint density at radius 1 is 0.895 bits per heavy atom. The highest BCUT2D eigenvalue weighted by Gasteiger charge is 2.19. The Hall–Kier alpha value is -1.81. The Morgan fingerprint density at radius 3 is 2.16 bits per heavy atom. The van der Waals surface area contributed by atoms with E-state index in [1.807, 2.05) is 0 Å². The van der Waals surface area contributed by atoms with Gasteiger partial charge in [-0.2, -0.15) is 0 Å². The maximum Gasteiger partial charge on any atom is 0.159 e. The third-order valence-electron chi connectivity index (χ3n) is 3.01. The molecule has 2 aromatic rings. The van der Waals surface area contributed by atoms with Gasteiger partial charge in [0, 0.05) is 5.56 Å². The fourth-order valence-electron chi connectivity index (χ4n) is 2.12. The van der Waals surface area contributed by atoms with Gasteiger partial charge < -0.3 is 5.11 Å². The highest BCUT2D eigenvalue weighted by molar-refractivity contribution is 5.38. The van der Waals surface area contributed by atoms with Crippen LogP contribution in [0.5, 0.6) is 0 Å². The molecule has 0 saturated carbocycles. The van der Waals surface area contributed by atoms with Crippen LogP contribution in [0, 0.1) is 31.3 Å². The lowest BCUT2D eigenvalue weighted by Crippen LogP contribution is -2.06. The van der Waals surface area contributed by atoms with E-state index in [4.69, 9.17) is 0 Å². The summed E-state index contributed by atoms with van der Waals surface area (Å²) in [4.78, 5) is 0. The molecule has 0 amide bonds. The number of aryl methyl sites for hydroxylation is 2. The van der Waals surface area contributed by atoms with E-state index in [1.165, 1.54) is 12.1 Å². The maximum atomic E-state index is 13.9. The first-order chi connectivity index (χ1) is 8.90. The van der Waals surface area contributed by atoms with Crippen LogP contribution in [0.2, 0.25) is 0 Å². The zero-order valence-corrected chi connectivity index (χ0v) is 10.5. The Labute approximate surface area is 109 Å². The van der Waals surface area contributed by atoms with Crippen molar-refractivity contribution in [1.82, 2.24) is 0 Å². The molecule has 4 heteroatoms. The van der Waals surface area contributed by atoms with Crippen molar-refractivity contribution >= 4 is 0 Å². The van der Waals surface area contributed by atoms with Gasteiger partial charge in [-0.3, -0.25) is 0 Å². The Morgan fingerprint density at radius 2 is 1.58 bits per heavy atom. The lowest BCUT2D eigenvalue weighted by molar-refractivity contribution is 0.213. The lowest BCUT2D eigenvalue weighted by Gasteiger charge is -2.16. The van der Waals surface area contributed by atoms with E-state index in [0.717, 1.165) is 17.7 Å². The fourth-order valence-corrected chi connectivity index (χ4v) is 2.12. The van der Waals surface area contributed by atoms with Crippen molar-refractivity contribution in [2.75, 3.05) is 0 Å². The third kappa shape index (κ3) is 2.63. The van der Waals surface area contributed by atoms with Gasteiger partial charge in [0.1, 0.15) is 11.9 Å². The highest BCUT2D eigenvalue weighted by Crippen LogP contribution is 2.28. The number of halogens is 3. The van der Waals surface area contributed by atoms with Crippen molar-refractivity contribution in [2.24, 2.45) is 0 Å². The van der Waals surface area contributed by atoms with Crippen molar-refractivity contribution in [1.29, 1.82) is 0 Å². The van der Waals surface area contributed by atoms with Gasteiger partial charge in [-0.25, -0.2) is 13.2 Å². The second-order valence-electron chi connectivity index (χ2n) is 4.55. The Bertz CT molecular complexity index is 600. The van der Waals surface area contributed by atoms with E-state index in [9.17, 15) is 18.3 Å². The van der Waals surface area contributed by atoms with Gasteiger partial charge in [-0.05, 0) is 48.7 Å². The van der Waals surface area contributed by atoms with Crippen LogP contribution in [0.25, 0.3) is 0 Å². The first-order valence-electron chi connectivity index (χ1n) is 5.80. The molecule has 0 saturated heterocycles. The summed E-state index contributed by atoms with van der Waals surface area (Å²) >= 11 is 0. The number of aliphatic hydroxyl groups excluding tert-OH is 1. The van der Waals surface area contributed by atoms with Crippen LogP contribution < -0.4 is 0 Å². The van der Waals surface area contributed by atoms with Crippen molar-refractivity contribution in [3.05, 3.63) is 70.0 Å². The molecule has 0 aliphatic carbocycles. The minimum atomic E-state index is -1.32. The van der Waals surface area contributed by atoms with Crippen LogP contribution in [0.3, 0.4) is 0 Å². The molecule has 19 heavy (non-hydrogen) atoms. The van der Waals surface area contributed by atoms with E-state index in [1.54, 1.807) is 19.9 Å². The molecule has 1 N–H and O–H groups in total. The Balaban J connectivity index is 2.49. The molecule has 0 aliphatic rings. The molecular formula is C15H13F3O. The van der Waals surface area contributed by atoms with Gasteiger partial charge in [0.2, 0.25) is 0 Å². The number of hydrogen-bond donors (Lipinski definition) is 1. The molecule has 2 aromatic carbocycles. The molecule has 0 radical (unpaired) electrons. The summed E-state index contributed by atoms with van der Waals surface area (Å²) in [5.41, 5.74) is 1.49. The normalized spacial score (nSPS) is 12.5. The number of hydrogen-bond acceptors (Lipinski definition) is 1. The van der Waals surface area contributed by atoms with E-state index < -0.39 is 23.6 Å². The van der Waals surface area contributed by atoms with Gasteiger partial charge in [0.05, 0.1) is 0 Å². The zero-order valence-electron chi connectivity index (χ0n) is 10.5. The number of rotatable bonds is 2. The summed E-state index contributed by atoms with van der Waals surface area (Å²) in [5.74, 6) is -2.63. The van der Waals surface area contributed by atoms with Gasteiger partial charge in [0.25, 0.3) is 0 Å². The summed E-state index contributed by atoms with van der Waals surface area (Å²) in [6.07, 6.45) is -1.32. The third-order valence-corrected chi connectivity index (χ3v) is 3.01. The SMILES string of the molecule is Cc1cc(C)c(C(O)c2ccc(F)c(F)c2)c(F)c1. The van der Waals surface area contributed by atoms with Crippen molar-refractivity contribution in [3.8, 4) is 0 Å². The average molecular weight is 266 g/mol. The molecule has 0 bridgehead atoms. The molecule has 0 heterocycles. The topological polar surface area (TPSA) is 20.2 Å². The molecule has 1 nitrogen and oxygen atoms in total. The first-order valence-corrected chi connectivity index (χ1v) is 5.80. The summed E-state index contributed by atoms with van der Waals surface area (Å²) in [6.45, 7) is 3.40. The minimum Gasteiger partial charge on any atom is -0.384 e. The van der Waals surface area contributed by atoms with E-state index in [2.05, 4.69) is 0 Å². The molecule has 0 spiro atoms. The molecule has 0 fully saturated rings. The van der Waals surface area contributed by atoms with E-state index >= 15 is 0 Å². The van der Waals surface area contributed by atoms with E-state index in [-0.39, 0.29) is 11.1 Å². The summed E-state index contributed by atoms with van der Waals surface area (Å²) in [6, 6.07) is 6.04. The van der Waals surface area contributed by atoms with Gasteiger partial charge in [-0.15, -0.1) is 0 Å². The summed E-state index contributed by atoms with van der Waals surface area (Å²) in [5, 5.41) is 10.1. The predicted molar refractivity (Wildman–Crippen MR) is 66.3 cm³/mol. The van der Waals surface area contributed by atoms with Gasteiger partial charge in [0.15, 0.2) is 11.6 Å². The highest BCUT2D eigenvalue weighted by atomic mass is 19.2. The molecular weight excluding hydrogens is 253 g/mol. The summed E-state index contributed by atoms with van der Waals surface area (Å²) < 4.78 is 39.9. The van der Waals surface area contributed by atoms with Crippen LogP contribution in [0.4, 0.5) is 13.2 Å². The molecule has 100 valence electrons. The molecule has 1 unspecified atom stereocenters. The predicted octanol–water partition coefficient (Wildman–Crippen LogP) is 3.80. The second-order valence-corrected chi connectivity index (χ2v) is 4.55. The first kappa shape index (κ1) is 13.6. The minimum absolute atomic E-state index is 0.0802. The molecule has 0 aliphatic heterocycles. The van der Waals surface area contributed by atoms with Crippen LogP contribution in [0.15, 0.2) is 30.3 Å². The van der Waals surface area contributed by atoms with Crippen molar-refractivity contribution in [3.63, 3.8) is 0 Å². The average Bonchev–Trinajstić information content (AvgIpc) is 2.31. The standard InChI is InChI=1S/C15H13F3O/c1-8-5-9(2)14(13(18)6-8)15(19)10-3-4-11(16)12(17)7-10/h3-7,15,19H,1-2H3. The van der Waals surface area contributed by atoms with Gasteiger partial charge in [-0.1, -0.05) is 12.1 Å². The lowest BCUT2D eigenvalue weighted by atomic mass is 9.95. The monoisotopic (exact) mass is 266 g/mol. The van der Waals surface area contributed by atoms with Crippen LogP contribution in [-0.2, 0) is 0 Å². The Kier molecular flexibility index (Phi) is 3.62.